The second kappa shape index (κ2) is 5.08. The van der Waals surface area contributed by atoms with Crippen LogP contribution >= 0.6 is 11.6 Å². The van der Waals surface area contributed by atoms with Crippen molar-refractivity contribution in [2.75, 3.05) is 5.88 Å². The Bertz CT molecular complexity index is 351. The van der Waals surface area contributed by atoms with Crippen LogP contribution in [0.25, 0.3) is 0 Å². The number of hydrogen-bond donors (Lipinski definition) is 0. The Balaban J connectivity index is 2.22. The fourth-order valence-corrected chi connectivity index (χ4v) is 1.94. The molecule has 0 amide bonds. The third-order valence-electron chi connectivity index (χ3n) is 2.43. The number of ether oxygens (including phenoxy) is 2. The Morgan fingerprint density at radius 2 is 2.27 bits per heavy atom. The highest BCUT2D eigenvalue weighted by Crippen LogP contribution is 2.29. The van der Waals surface area contributed by atoms with Crippen molar-refractivity contribution in [2.45, 2.75) is 19.3 Å². The fraction of sp³-hybridized carbons (Fsp3) is 0.333. The molecule has 0 N–H and O–H groups in total. The van der Waals surface area contributed by atoms with Gasteiger partial charge in [0.1, 0.15) is 18.8 Å². The minimum Gasteiger partial charge on any atom is -0.466 e. The average Bonchev–Trinajstić information content (AvgIpc) is 2.31. The van der Waals surface area contributed by atoms with Gasteiger partial charge in [-0.05, 0) is 24.8 Å². The number of rotatable bonds is 3. The Kier molecular flexibility index (Phi) is 3.51. The molecule has 0 aromatic rings. The van der Waals surface area contributed by atoms with Gasteiger partial charge in [-0.15, -0.1) is 11.6 Å². The van der Waals surface area contributed by atoms with Gasteiger partial charge in [0.2, 0.25) is 0 Å². The molecule has 0 spiro atoms. The molecule has 0 unspecified atom stereocenters. The first-order valence-corrected chi connectivity index (χ1v) is 5.57. The van der Waals surface area contributed by atoms with E-state index in [9.17, 15) is 0 Å². The first kappa shape index (κ1) is 10.4. The Morgan fingerprint density at radius 3 is 3.00 bits per heavy atom. The fourth-order valence-electron chi connectivity index (χ4n) is 1.74. The van der Waals surface area contributed by atoms with Crippen LogP contribution in [0.1, 0.15) is 19.3 Å². The molecule has 1 aliphatic carbocycles. The number of halogens is 1. The quantitative estimate of drug-likeness (QED) is 0.682. The summed E-state index contributed by atoms with van der Waals surface area (Å²) in [7, 11) is 0. The standard InChI is InChI=1S/C12H13ClO2/c13-6-5-10-3-1-2-4-11(10)12-9-14-7-8-15-12/h1,3,7-9H,2,4-6H2. The maximum Gasteiger partial charge on any atom is 0.165 e. The van der Waals surface area contributed by atoms with Crippen molar-refractivity contribution >= 4 is 11.6 Å². The minimum atomic E-state index is 0.632. The third kappa shape index (κ3) is 2.45. The van der Waals surface area contributed by atoms with Gasteiger partial charge < -0.3 is 9.47 Å². The summed E-state index contributed by atoms with van der Waals surface area (Å²) in [5.41, 5.74) is 2.46. The van der Waals surface area contributed by atoms with Crippen LogP contribution in [-0.4, -0.2) is 5.88 Å². The lowest BCUT2D eigenvalue weighted by Crippen LogP contribution is -2.03. The Labute approximate surface area is 94.5 Å². The van der Waals surface area contributed by atoms with Gasteiger partial charge >= 0.3 is 0 Å². The van der Waals surface area contributed by atoms with E-state index < -0.39 is 0 Å². The molecule has 1 aliphatic heterocycles. The van der Waals surface area contributed by atoms with Gasteiger partial charge in [0.05, 0.1) is 0 Å². The van der Waals surface area contributed by atoms with Crippen LogP contribution in [0.3, 0.4) is 0 Å². The number of hydrogen-bond acceptors (Lipinski definition) is 2. The smallest absolute Gasteiger partial charge is 0.165 e. The lowest BCUT2D eigenvalue weighted by Gasteiger charge is -2.18. The lowest BCUT2D eigenvalue weighted by molar-refractivity contribution is 0.262. The molecule has 0 fully saturated rings. The molecule has 0 bridgehead atoms. The number of alkyl halides is 1. The van der Waals surface area contributed by atoms with Crippen molar-refractivity contribution in [2.24, 2.45) is 0 Å². The van der Waals surface area contributed by atoms with Crippen LogP contribution in [0.15, 0.2) is 47.8 Å². The number of allylic oxidation sites excluding steroid dienone is 4. The van der Waals surface area contributed by atoms with Crippen LogP contribution < -0.4 is 0 Å². The summed E-state index contributed by atoms with van der Waals surface area (Å²) in [6.45, 7) is 0. The van der Waals surface area contributed by atoms with E-state index in [0.29, 0.717) is 5.88 Å². The van der Waals surface area contributed by atoms with E-state index in [1.807, 2.05) is 0 Å². The molecule has 0 saturated carbocycles. The van der Waals surface area contributed by atoms with Gasteiger partial charge in [0.25, 0.3) is 0 Å². The topological polar surface area (TPSA) is 18.5 Å². The maximum atomic E-state index is 5.77. The predicted octanol–water partition coefficient (Wildman–Crippen LogP) is 3.62. The van der Waals surface area contributed by atoms with Crippen LogP contribution in [0.5, 0.6) is 0 Å². The highest BCUT2D eigenvalue weighted by molar-refractivity contribution is 6.18. The molecule has 15 heavy (non-hydrogen) atoms. The van der Waals surface area contributed by atoms with Crippen molar-refractivity contribution < 1.29 is 9.47 Å². The summed E-state index contributed by atoms with van der Waals surface area (Å²) in [5.74, 6) is 1.44. The molecule has 0 aromatic carbocycles. The summed E-state index contributed by atoms with van der Waals surface area (Å²) >= 11 is 5.77. The summed E-state index contributed by atoms with van der Waals surface area (Å²) < 4.78 is 10.5. The molecular weight excluding hydrogens is 212 g/mol. The van der Waals surface area contributed by atoms with Crippen molar-refractivity contribution in [3.8, 4) is 0 Å². The van der Waals surface area contributed by atoms with Crippen molar-refractivity contribution in [3.05, 3.63) is 47.8 Å². The van der Waals surface area contributed by atoms with E-state index in [4.69, 9.17) is 21.1 Å². The molecule has 0 saturated heterocycles. The summed E-state index contributed by atoms with van der Waals surface area (Å²) in [6.07, 6.45) is 11.9. The Hall–Kier alpha value is -1.15. The van der Waals surface area contributed by atoms with Crippen LogP contribution in [0.4, 0.5) is 0 Å². The molecule has 1 heterocycles. The van der Waals surface area contributed by atoms with Crippen LogP contribution in [-0.2, 0) is 9.47 Å². The normalized spacial score (nSPS) is 19.7. The molecule has 0 atom stereocenters. The summed E-state index contributed by atoms with van der Waals surface area (Å²) in [6, 6.07) is 0. The van der Waals surface area contributed by atoms with Gasteiger partial charge in [-0.3, -0.25) is 0 Å². The first-order chi connectivity index (χ1) is 7.42. The molecule has 3 heteroatoms. The van der Waals surface area contributed by atoms with Gasteiger partial charge in [-0.2, -0.15) is 0 Å². The average molecular weight is 225 g/mol. The summed E-state index contributed by atoms with van der Waals surface area (Å²) in [4.78, 5) is 0. The zero-order chi connectivity index (χ0) is 10.5. The summed E-state index contributed by atoms with van der Waals surface area (Å²) in [5, 5.41) is 0. The second-order valence-electron chi connectivity index (χ2n) is 3.39. The van der Waals surface area contributed by atoms with Crippen molar-refractivity contribution in [1.29, 1.82) is 0 Å². The highest BCUT2D eigenvalue weighted by atomic mass is 35.5. The molecule has 0 aromatic heterocycles. The molecule has 2 nitrogen and oxygen atoms in total. The molecular formula is C12H13ClO2. The molecule has 0 radical (unpaired) electrons. The van der Waals surface area contributed by atoms with Crippen molar-refractivity contribution in [3.63, 3.8) is 0 Å². The highest BCUT2D eigenvalue weighted by Gasteiger charge is 2.15. The second-order valence-corrected chi connectivity index (χ2v) is 3.77. The third-order valence-corrected chi connectivity index (χ3v) is 2.62. The first-order valence-electron chi connectivity index (χ1n) is 5.04. The lowest BCUT2D eigenvalue weighted by atomic mass is 9.94. The van der Waals surface area contributed by atoms with Gasteiger partial charge in [-0.25, -0.2) is 0 Å². The van der Waals surface area contributed by atoms with E-state index in [1.165, 1.54) is 17.4 Å². The van der Waals surface area contributed by atoms with E-state index in [0.717, 1.165) is 25.0 Å². The largest absolute Gasteiger partial charge is 0.466 e. The van der Waals surface area contributed by atoms with Gasteiger partial charge in [0.15, 0.2) is 5.76 Å². The predicted molar refractivity (Wildman–Crippen MR) is 60.1 cm³/mol. The van der Waals surface area contributed by atoms with Gasteiger partial charge in [0, 0.05) is 11.5 Å². The van der Waals surface area contributed by atoms with E-state index in [2.05, 4.69) is 12.2 Å². The minimum absolute atomic E-state index is 0.632. The SMILES string of the molecule is ClCCC1=C(C2=COC=CO2)CCC=C1. The zero-order valence-electron chi connectivity index (χ0n) is 8.41. The molecule has 2 aliphatic rings. The molecule has 80 valence electrons. The maximum absolute atomic E-state index is 5.77. The van der Waals surface area contributed by atoms with Crippen LogP contribution in [0.2, 0.25) is 0 Å². The Morgan fingerprint density at radius 1 is 1.33 bits per heavy atom. The zero-order valence-corrected chi connectivity index (χ0v) is 9.17. The molecule has 2 rings (SSSR count). The van der Waals surface area contributed by atoms with Gasteiger partial charge in [-0.1, -0.05) is 12.2 Å². The van der Waals surface area contributed by atoms with E-state index >= 15 is 0 Å². The van der Waals surface area contributed by atoms with Crippen molar-refractivity contribution in [1.82, 2.24) is 0 Å². The van der Waals surface area contributed by atoms with E-state index in [-0.39, 0.29) is 0 Å². The van der Waals surface area contributed by atoms with Crippen LogP contribution in [0, 0.1) is 0 Å². The monoisotopic (exact) mass is 224 g/mol. The van der Waals surface area contributed by atoms with E-state index in [1.54, 1.807) is 12.5 Å².